The van der Waals surface area contributed by atoms with Crippen LogP contribution >= 0.6 is 23.1 Å². The molecule has 0 fully saturated rings. The standard InChI is InChI=1S/C12H12N2O3S2/c15-10-4-6-14(5-3-9-2-1-7-18-9)12(13-10)19-8-11(16)17/h1-2,4,6-7H,3,5,8H2,(H,16,17). The van der Waals surface area contributed by atoms with Crippen molar-refractivity contribution in [3.63, 3.8) is 0 Å². The van der Waals surface area contributed by atoms with Gasteiger partial charge in [0.25, 0.3) is 5.56 Å². The number of aliphatic carboxylic acids is 1. The average Bonchev–Trinajstić information content (AvgIpc) is 2.88. The van der Waals surface area contributed by atoms with Crippen molar-refractivity contribution < 1.29 is 9.90 Å². The lowest BCUT2D eigenvalue weighted by atomic mass is 10.3. The van der Waals surface area contributed by atoms with E-state index in [1.165, 1.54) is 10.9 Å². The summed E-state index contributed by atoms with van der Waals surface area (Å²) >= 11 is 2.74. The SMILES string of the molecule is O=C(O)CSc1nc(=O)ccn1CCc1cccs1. The van der Waals surface area contributed by atoms with Gasteiger partial charge in [-0.05, 0) is 17.9 Å². The predicted octanol–water partition coefficient (Wildman–Crippen LogP) is 1.72. The third-order valence-electron chi connectivity index (χ3n) is 2.35. The molecule has 2 rings (SSSR count). The van der Waals surface area contributed by atoms with Crippen LogP contribution in [0, 0.1) is 0 Å². The highest BCUT2D eigenvalue weighted by Crippen LogP contribution is 2.15. The van der Waals surface area contributed by atoms with Gasteiger partial charge >= 0.3 is 5.97 Å². The van der Waals surface area contributed by atoms with Gasteiger partial charge in [-0.3, -0.25) is 9.59 Å². The number of aryl methyl sites for hydroxylation is 2. The largest absolute Gasteiger partial charge is 0.481 e. The minimum atomic E-state index is -0.923. The van der Waals surface area contributed by atoms with Gasteiger partial charge in [0.2, 0.25) is 0 Å². The number of carbonyl (C=O) groups is 1. The van der Waals surface area contributed by atoms with Crippen LogP contribution in [-0.2, 0) is 17.8 Å². The lowest BCUT2D eigenvalue weighted by Gasteiger charge is -2.09. The third kappa shape index (κ3) is 4.22. The lowest BCUT2D eigenvalue weighted by Crippen LogP contribution is -2.15. The molecule has 2 aromatic rings. The van der Waals surface area contributed by atoms with Gasteiger partial charge in [-0.25, -0.2) is 0 Å². The van der Waals surface area contributed by atoms with Crippen LogP contribution < -0.4 is 5.56 Å². The van der Waals surface area contributed by atoms with Crippen molar-refractivity contribution in [3.05, 3.63) is 45.0 Å². The molecule has 0 aliphatic carbocycles. The molecule has 0 aliphatic heterocycles. The number of hydrogen-bond acceptors (Lipinski definition) is 5. The number of thiophene rings is 1. The summed E-state index contributed by atoms with van der Waals surface area (Å²) in [6.45, 7) is 0.676. The van der Waals surface area contributed by atoms with Crippen LogP contribution in [0.15, 0.2) is 39.7 Å². The van der Waals surface area contributed by atoms with E-state index in [9.17, 15) is 9.59 Å². The molecule has 0 radical (unpaired) electrons. The van der Waals surface area contributed by atoms with Crippen LogP contribution in [0.2, 0.25) is 0 Å². The quantitative estimate of drug-likeness (QED) is 0.649. The Labute approximate surface area is 117 Å². The van der Waals surface area contributed by atoms with E-state index in [1.54, 1.807) is 17.5 Å². The van der Waals surface area contributed by atoms with Crippen LogP contribution in [0.1, 0.15) is 4.88 Å². The topological polar surface area (TPSA) is 72.2 Å². The fourth-order valence-corrected chi connectivity index (χ4v) is 2.93. The number of hydrogen-bond donors (Lipinski definition) is 1. The highest BCUT2D eigenvalue weighted by molar-refractivity contribution is 7.99. The normalized spacial score (nSPS) is 10.5. The Hall–Kier alpha value is -1.60. The summed E-state index contributed by atoms with van der Waals surface area (Å²) in [6, 6.07) is 5.42. The van der Waals surface area contributed by atoms with Crippen molar-refractivity contribution >= 4 is 29.1 Å². The third-order valence-corrected chi connectivity index (χ3v) is 4.26. The molecular weight excluding hydrogens is 284 g/mol. The second-order valence-electron chi connectivity index (χ2n) is 3.75. The first-order valence-corrected chi connectivity index (χ1v) is 7.46. The summed E-state index contributed by atoms with van der Waals surface area (Å²) < 4.78 is 1.81. The lowest BCUT2D eigenvalue weighted by molar-refractivity contribution is -0.133. The van der Waals surface area contributed by atoms with E-state index in [1.807, 2.05) is 22.1 Å². The fraction of sp³-hybridized carbons (Fsp3) is 0.250. The number of thioether (sulfide) groups is 1. The first-order valence-electron chi connectivity index (χ1n) is 5.59. The molecule has 2 heterocycles. The van der Waals surface area contributed by atoms with Crippen molar-refractivity contribution in [1.29, 1.82) is 0 Å². The van der Waals surface area contributed by atoms with Gasteiger partial charge in [0.05, 0.1) is 5.75 Å². The van der Waals surface area contributed by atoms with E-state index >= 15 is 0 Å². The molecule has 7 heteroatoms. The van der Waals surface area contributed by atoms with Gasteiger partial charge < -0.3 is 9.67 Å². The maximum absolute atomic E-state index is 11.2. The Kier molecular flexibility index (Phi) is 4.75. The highest BCUT2D eigenvalue weighted by atomic mass is 32.2. The molecule has 19 heavy (non-hydrogen) atoms. The molecule has 0 bridgehead atoms. The summed E-state index contributed by atoms with van der Waals surface area (Å²) in [5, 5.41) is 11.1. The number of carboxylic acids is 1. The molecule has 5 nitrogen and oxygen atoms in total. The predicted molar refractivity (Wildman–Crippen MR) is 74.9 cm³/mol. The Morgan fingerprint density at radius 1 is 1.47 bits per heavy atom. The van der Waals surface area contributed by atoms with E-state index in [0.29, 0.717) is 11.7 Å². The Bertz CT molecular complexity index is 608. The number of nitrogens with zero attached hydrogens (tertiary/aromatic N) is 2. The molecule has 0 saturated heterocycles. The summed E-state index contributed by atoms with van der Waals surface area (Å²) in [6.07, 6.45) is 2.50. The first kappa shape index (κ1) is 13.8. The summed E-state index contributed by atoms with van der Waals surface area (Å²) in [5.74, 6) is -1.02. The van der Waals surface area contributed by atoms with Crippen LogP contribution in [-0.4, -0.2) is 26.4 Å². The Morgan fingerprint density at radius 3 is 3.00 bits per heavy atom. The monoisotopic (exact) mass is 296 g/mol. The van der Waals surface area contributed by atoms with Crippen molar-refractivity contribution in [2.75, 3.05) is 5.75 Å². The molecule has 0 aromatic carbocycles. The van der Waals surface area contributed by atoms with Crippen molar-refractivity contribution in [2.24, 2.45) is 0 Å². The molecule has 0 atom stereocenters. The fourth-order valence-electron chi connectivity index (χ4n) is 1.51. The van der Waals surface area contributed by atoms with Gasteiger partial charge in [-0.2, -0.15) is 4.98 Å². The van der Waals surface area contributed by atoms with Crippen molar-refractivity contribution in [1.82, 2.24) is 9.55 Å². The van der Waals surface area contributed by atoms with Gasteiger partial charge in [0.15, 0.2) is 5.16 Å². The van der Waals surface area contributed by atoms with Crippen LogP contribution in [0.25, 0.3) is 0 Å². The maximum atomic E-state index is 11.2. The van der Waals surface area contributed by atoms with Crippen molar-refractivity contribution in [3.8, 4) is 0 Å². The minimum Gasteiger partial charge on any atom is -0.481 e. The zero-order valence-corrected chi connectivity index (χ0v) is 11.6. The van der Waals surface area contributed by atoms with Crippen LogP contribution in [0.3, 0.4) is 0 Å². The molecule has 1 N–H and O–H groups in total. The van der Waals surface area contributed by atoms with Gasteiger partial charge in [-0.1, -0.05) is 17.8 Å². The number of carboxylic acid groups (broad SMARTS) is 1. The second-order valence-corrected chi connectivity index (χ2v) is 5.73. The molecule has 0 unspecified atom stereocenters. The molecule has 0 aliphatic rings. The van der Waals surface area contributed by atoms with E-state index in [-0.39, 0.29) is 11.3 Å². The summed E-state index contributed by atoms with van der Waals surface area (Å²) in [4.78, 5) is 26.9. The van der Waals surface area contributed by atoms with E-state index in [0.717, 1.165) is 18.2 Å². The highest BCUT2D eigenvalue weighted by Gasteiger charge is 2.07. The zero-order chi connectivity index (χ0) is 13.7. The summed E-state index contributed by atoms with van der Waals surface area (Å²) in [5.41, 5.74) is -0.347. The molecule has 0 amide bonds. The van der Waals surface area contributed by atoms with Gasteiger partial charge in [-0.15, -0.1) is 11.3 Å². The maximum Gasteiger partial charge on any atom is 0.313 e. The smallest absolute Gasteiger partial charge is 0.313 e. The second kappa shape index (κ2) is 6.53. The molecular formula is C12H12N2O3S2. The number of rotatable bonds is 6. The Balaban J connectivity index is 2.09. The molecule has 100 valence electrons. The molecule has 2 aromatic heterocycles. The average molecular weight is 296 g/mol. The zero-order valence-electron chi connectivity index (χ0n) is 9.98. The molecule has 0 saturated carbocycles. The van der Waals surface area contributed by atoms with Crippen molar-refractivity contribution in [2.45, 2.75) is 18.1 Å². The summed E-state index contributed by atoms with van der Waals surface area (Å²) in [7, 11) is 0. The van der Waals surface area contributed by atoms with Gasteiger partial charge in [0, 0.05) is 23.7 Å². The minimum absolute atomic E-state index is 0.102. The first-order chi connectivity index (χ1) is 9.15. The van der Waals surface area contributed by atoms with E-state index in [4.69, 9.17) is 5.11 Å². The molecule has 0 spiro atoms. The van der Waals surface area contributed by atoms with Crippen LogP contribution in [0.5, 0.6) is 0 Å². The Morgan fingerprint density at radius 2 is 2.32 bits per heavy atom. The van der Waals surface area contributed by atoms with E-state index < -0.39 is 5.97 Å². The van der Waals surface area contributed by atoms with Gasteiger partial charge in [0.1, 0.15) is 0 Å². The van der Waals surface area contributed by atoms with Crippen LogP contribution in [0.4, 0.5) is 0 Å². The van der Waals surface area contributed by atoms with E-state index in [2.05, 4.69) is 4.98 Å². The number of aromatic nitrogens is 2.